The molecule has 0 aromatic heterocycles. The van der Waals surface area contributed by atoms with Gasteiger partial charge in [-0.1, -0.05) is 182 Å². The van der Waals surface area contributed by atoms with Crippen molar-refractivity contribution in [3.8, 4) is 0 Å². The Balaban J connectivity index is 1.24. The van der Waals surface area contributed by atoms with Crippen molar-refractivity contribution in [2.75, 3.05) is 26.9 Å². The lowest BCUT2D eigenvalue weighted by atomic mass is 9.89. The number of methoxy groups -OCH3 is 1. The zero-order valence-corrected chi connectivity index (χ0v) is 41.2. The Bertz CT molecular complexity index is 2750. The van der Waals surface area contributed by atoms with Gasteiger partial charge in [0, 0.05) is 13.0 Å². The molecule has 6 aromatic carbocycles. The Hall–Kier alpha value is -5.38. The van der Waals surface area contributed by atoms with Crippen LogP contribution in [0.15, 0.2) is 182 Å². The minimum atomic E-state index is -6.16. The van der Waals surface area contributed by atoms with Crippen LogP contribution in [0.2, 0.25) is 0 Å². The van der Waals surface area contributed by atoms with Crippen molar-refractivity contribution in [1.82, 2.24) is 0 Å². The highest BCUT2D eigenvalue weighted by Gasteiger charge is 2.55. The first-order chi connectivity index (χ1) is 37.3. The number of ether oxygens (including phenoxy) is 10. The molecule has 2 saturated heterocycles. The van der Waals surface area contributed by atoms with E-state index in [1.807, 2.05) is 24.3 Å². The van der Waals surface area contributed by atoms with Gasteiger partial charge in [0.2, 0.25) is 0 Å². The maximum absolute atomic E-state index is 14.1. The SMILES string of the molecule is [2H]C(OC[C@H]1OC(OC)[C@H](OC([2H])c2ccccc2)[C@@H](OC([2H])c2ccccc2)[C@@H]1O[C@H]1O[C@H](COCc2ccccc2)[C@@H](COS(=O)(=O)C(F)(F)F)[C@H](OCc2ccccc2)[C@H]1OCc1ccccc1)c1ccccc1. The third-order valence-corrected chi connectivity index (χ3v) is 13.2. The van der Waals surface area contributed by atoms with Crippen LogP contribution in [0.1, 0.15) is 37.5 Å². The van der Waals surface area contributed by atoms with Crippen molar-refractivity contribution in [3.63, 3.8) is 0 Å². The highest BCUT2D eigenvalue weighted by molar-refractivity contribution is 7.87. The van der Waals surface area contributed by atoms with Gasteiger partial charge in [0.15, 0.2) is 12.6 Å². The van der Waals surface area contributed by atoms with Gasteiger partial charge in [-0.15, -0.1) is 0 Å². The summed E-state index contributed by atoms with van der Waals surface area (Å²) in [5.41, 5.74) is -2.26. The highest BCUT2D eigenvalue weighted by Crippen LogP contribution is 2.39. The molecular formula is C57H61F3O13S. The van der Waals surface area contributed by atoms with E-state index in [1.54, 1.807) is 158 Å². The monoisotopic (exact) mass is 1050 g/mol. The lowest BCUT2D eigenvalue weighted by molar-refractivity contribution is -0.371. The van der Waals surface area contributed by atoms with Crippen LogP contribution in [0.4, 0.5) is 13.2 Å². The van der Waals surface area contributed by atoms with Crippen LogP contribution in [0.25, 0.3) is 0 Å². The Morgan fingerprint density at radius 3 is 1.35 bits per heavy atom. The van der Waals surface area contributed by atoms with Crippen molar-refractivity contribution in [3.05, 3.63) is 215 Å². The molecule has 4 unspecified atom stereocenters. The summed E-state index contributed by atoms with van der Waals surface area (Å²) in [5.74, 6) is -1.35. The van der Waals surface area contributed by atoms with Crippen LogP contribution in [0.5, 0.6) is 0 Å². The van der Waals surface area contributed by atoms with Gasteiger partial charge in [-0.3, -0.25) is 4.18 Å². The van der Waals surface area contributed by atoms with E-state index >= 15 is 0 Å². The van der Waals surface area contributed by atoms with Crippen molar-refractivity contribution < 1.29 is 77.3 Å². The molecule has 74 heavy (non-hydrogen) atoms. The minimum Gasteiger partial charge on any atom is -0.374 e. The smallest absolute Gasteiger partial charge is 0.374 e. The summed E-state index contributed by atoms with van der Waals surface area (Å²) in [6, 6.07) is 53.1. The molecule has 2 aliphatic rings. The highest BCUT2D eigenvalue weighted by atomic mass is 32.2. The topological polar surface area (TPSA) is 136 Å². The standard InChI is InChI=1S/C57H61F3O13S/c1-63-55-54(69-37-46-30-18-7-19-31-46)52(67-35-44-26-14-5-15-27-44)51(49(72-55)40-65-33-42-22-10-3-11-23-42)73-56-53(68-36-45-28-16-6-17-29-45)50(66-34-43-24-12-4-13-25-43)47(38-70-74(61,62)57(58,59)60)48(71-56)39-64-32-41-20-8-2-9-21-41/h2-31,47-56H,32-40H2,1H3/t47-,48-,49-,50+,51-,52+,53-,54-,55?,56-/m1/s1/i33D,35D,37D/t33?,35?,37?,47-,48-,49-,50+,51-,52+,53-,54-,55?,56-. The van der Waals surface area contributed by atoms with Crippen molar-refractivity contribution in [2.24, 2.45) is 5.92 Å². The Kier molecular flexibility index (Phi) is 18.8. The van der Waals surface area contributed by atoms with E-state index in [1.165, 1.54) is 7.11 Å². The normalized spacial score (nSPS) is 26.2. The van der Waals surface area contributed by atoms with E-state index in [-0.39, 0.29) is 33.0 Å². The van der Waals surface area contributed by atoms with Gasteiger partial charge in [0.1, 0.15) is 30.5 Å². The predicted octanol–water partition coefficient (Wildman–Crippen LogP) is 9.73. The fourth-order valence-electron chi connectivity index (χ4n) is 8.43. The summed E-state index contributed by atoms with van der Waals surface area (Å²) in [4.78, 5) is 0. The van der Waals surface area contributed by atoms with E-state index in [0.29, 0.717) is 27.8 Å². The van der Waals surface area contributed by atoms with Gasteiger partial charge >= 0.3 is 15.6 Å². The summed E-state index contributed by atoms with van der Waals surface area (Å²) >= 11 is 0. The molecule has 13 atom stereocenters. The summed E-state index contributed by atoms with van der Waals surface area (Å²) in [6.45, 7) is -6.07. The first-order valence-corrected chi connectivity index (χ1v) is 25.4. The lowest BCUT2D eigenvalue weighted by Gasteiger charge is -2.50. The van der Waals surface area contributed by atoms with Gasteiger partial charge in [-0.05, 0) is 33.4 Å². The molecule has 0 saturated carbocycles. The maximum Gasteiger partial charge on any atom is 0.523 e. The fourth-order valence-corrected chi connectivity index (χ4v) is 8.90. The Morgan fingerprint density at radius 2 is 0.865 bits per heavy atom. The maximum atomic E-state index is 14.1. The van der Waals surface area contributed by atoms with Crippen LogP contribution in [0, 0.1) is 5.92 Å². The minimum absolute atomic E-state index is 0.0170. The van der Waals surface area contributed by atoms with Gasteiger partial charge in [-0.2, -0.15) is 21.6 Å². The molecule has 0 N–H and O–H groups in total. The Labute approximate surface area is 434 Å². The zero-order valence-electron chi connectivity index (χ0n) is 43.4. The molecule has 13 nitrogen and oxygen atoms in total. The second kappa shape index (κ2) is 27.4. The van der Waals surface area contributed by atoms with Gasteiger partial charge in [-0.25, -0.2) is 0 Å². The third-order valence-electron chi connectivity index (χ3n) is 12.2. The molecule has 0 spiro atoms. The molecule has 8 rings (SSSR count). The fraction of sp³-hybridized carbons (Fsp3) is 0.368. The van der Waals surface area contributed by atoms with Crippen LogP contribution in [-0.2, 0) is 101 Å². The lowest BCUT2D eigenvalue weighted by Crippen LogP contribution is -2.65. The van der Waals surface area contributed by atoms with Crippen LogP contribution in [0.3, 0.4) is 0 Å². The third kappa shape index (κ3) is 15.6. The Morgan fingerprint density at radius 1 is 0.459 bits per heavy atom. The average Bonchev–Trinajstić information content (AvgIpc) is 3.45. The predicted molar refractivity (Wildman–Crippen MR) is 266 cm³/mol. The van der Waals surface area contributed by atoms with E-state index < -0.39 is 103 Å². The van der Waals surface area contributed by atoms with Crippen LogP contribution < -0.4 is 0 Å². The van der Waals surface area contributed by atoms with E-state index in [2.05, 4.69) is 0 Å². The molecule has 17 heteroatoms. The van der Waals surface area contributed by atoms with Crippen LogP contribution in [-0.4, -0.2) is 96.2 Å². The molecule has 6 aromatic rings. The molecular weight excluding hydrogens is 982 g/mol. The first kappa shape index (κ1) is 50.8. The largest absolute Gasteiger partial charge is 0.523 e. The summed E-state index contributed by atoms with van der Waals surface area (Å²) in [5, 5.41) is 0. The number of hydrogen-bond acceptors (Lipinski definition) is 13. The summed E-state index contributed by atoms with van der Waals surface area (Å²) in [7, 11) is -4.78. The molecule has 2 heterocycles. The van der Waals surface area contributed by atoms with Gasteiger partial charge < -0.3 is 47.4 Å². The number of rotatable bonds is 26. The van der Waals surface area contributed by atoms with Crippen molar-refractivity contribution >= 4 is 10.1 Å². The van der Waals surface area contributed by atoms with E-state index in [4.69, 9.17) is 52.9 Å². The van der Waals surface area contributed by atoms with Gasteiger partial charge in [0.05, 0.1) is 75.7 Å². The quantitative estimate of drug-likeness (QED) is 0.0377. The number of benzene rings is 6. The molecule has 0 amide bonds. The zero-order chi connectivity index (χ0) is 54.2. The second-order valence-electron chi connectivity index (χ2n) is 17.4. The molecule has 394 valence electrons. The number of alkyl halides is 3. The van der Waals surface area contributed by atoms with Gasteiger partial charge in [0.25, 0.3) is 0 Å². The second-order valence-corrected chi connectivity index (χ2v) is 19.0. The first-order valence-electron chi connectivity index (χ1n) is 25.7. The average molecular weight is 1050 g/mol. The molecule has 2 fully saturated rings. The summed E-state index contributed by atoms with van der Waals surface area (Å²) < 4.78 is 166. The number of halogens is 3. The molecule has 0 bridgehead atoms. The summed E-state index contributed by atoms with van der Waals surface area (Å²) in [6.07, 6.45) is -12.4. The van der Waals surface area contributed by atoms with Crippen molar-refractivity contribution in [2.45, 2.75) is 100 Å². The van der Waals surface area contributed by atoms with Crippen LogP contribution >= 0.6 is 0 Å². The van der Waals surface area contributed by atoms with E-state index in [9.17, 15) is 24.3 Å². The number of hydrogen-bond donors (Lipinski definition) is 0. The van der Waals surface area contributed by atoms with E-state index in [0.717, 1.165) is 5.56 Å². The van der Waals surface area contributed by atoms with Crippen molar-refractivity contribution in [1.29, 1.82) is 0 Å². The molecule has 2 aliphatic heterocycles. The molecule has 0 aliphatic carbocycles. The molecule has 0 radical (unpaired) electrons.